The molecule has 0 saturated carbocycles. The molecular weight excluding hydrogens is 330 g/mol. The van der Waals surface area contributed by atoms with Gasteiger partial charge in [-0.1, -0.05) is 45.0 Å². The van der Waals surface area contributed by atoms with Crippen molar-refractivity contribution >= 4 is 17.7 Å². The van der Waals surface area contributed by atoms with Gasteiger partial charge in [-0.05, 0) is 42.7 Å². The van der Waals surface area contributed by atoms with E-state index in [9.17, 15) is 4.79 Å². The largest absolute Gasteiger partial charge is 0.496 e. The van der Waals surface area contributed by atoms with Gasteiger partial charge < -0.3 is 10.1 Å². The molecule has 2 rings (SSSR count). The summed E-state index contributed by atoms with van der Waals surface area (Å²) in [4.78, 5) is 13.9. The van der Waals surface area contributed by atoms with Gasteiger partial charge in [-0.25, -0.2) is 0 Å². The van der Waals surface area contributed by atoms with E-state index in [2.05, 4.69) is 32.2 Å². The molecule has 0 aliphatic heterocycles. The summed E-state index contributed by atoms with van der Waals surface area (Å²) in [5.74, 6) is 0.840. The van der Waals surface area contributed by atoms with Crippen LogP contribution in [0.4, 0.5) is 0 Å². The van der Waals surface area contributed by atoms with Crippen LogP contribution in [-0.2, 0) is 0 Å². The molecule has 0 spiro atoms. The molecule has 0 heterocycles. The average Bonchev–Trinajstić information content (AvgIpc) is 2.59. The van der Waals surface area contributed by atoms with Crippen LogP contribution in [0.25, 0.3) is 0 Å². The van der Waals surface area contributed by atoms with E-state index < -0.39 is 0 Å². The summed E-state index contributed by atoms with van der Waals surface area (Å²) in [7, 11) is 1.67. The molecule has 0 aliphatic carbocycles. The second-order valence-corrected chi connectivity index (χ2v) is 7.94. The molecule has 3 nitrogen and oxygen atoms in total. The van der Waals surface area contributed by atoms with Gasteiger partial charge in [0.15, 0.2) is 0 Å². The van der Waals surface area contributed by atoms with E-state index in [4.69, 9.17) is 4.74 Å². The SMILES string of the molecule is CC[C@@H](NC(=O)c1ccccc1SC(C)C)c1ccc(OC)c(C)c1. The van der Waals surface area contributed by atoms with E-state index in [0.29, 0.717) is 5.25 Å². The third-order valence-electron chi connectivity index (χ3n) is 4.03. The molecule has 0 fully saturated rings. The molecule has 0 radical (unpaired) electrons. The third-order valence-corrected chi connectivity index (χ3v) is 5.11. The van der Waals surface area contributed by atoms with Crippen LogP contribution in [0.1, 0.15) is 54.7 Å². The minimum atomic E-state index is -0.0240. The van der Waals surface area contributed by atoms with Crippen molar-refractivity contribution in [2.24, 2.45) is 0 Å². The first-order chi connectivity index (χ1) is 12.0. The second-order valence-electron chi connectivity index (χ2n) is 6.33. The number of ether oxygens (including phenoxy) is 1. The lowest BCUT2D eigenvalue weighted by molar-refractivity contribution is 0.0932. The number of aryl methyl sites for hydroxylation is 1. The molecule has 0 aliphatic rings. The van der Waals surface area contributed by atoms with E-state index in [1.807, 2.05) is 43.3 Å². The van der Waals surface area contributed by atoms with Gasteiger partial charge >= 0.3 is 0 Å². The molecule has 0 saturated heterocycles. The Morgan fingerprint density at radius 3 is 2.52 bits per heavy atom. The summed E-state index contributed by atoms with van der Waals surface area (Å²) in [6.07, 6.45) is 0.830. The first-order valence-corrected chi connectivity index (χ1v) is 9.55. The third kappa shape index (κ3) is 5.02. The van der Waals surface area contributed by atoms with Gasteiger partial charge in [0.2, 0.25) is 0 Å². The molecular formula is C21H27NO2S. The summed E-state index contributed by atoms with van der Waals surface area (Å²) in [6.45, 7) is 8.37. The zero-order chi connectivity index (χ0) is 18.4. The molecule has 0 unspecified atom stereocenters. The van der Waals surface area contributed by atoms with Crippen LogP contribution in [0.3, 0.4) is 0 Å². The van der Waals surface area contributed by atoms with Gasteiger partial charge in [0.25, 0.3) is 5.91 Å². The maximum atomic E-state index is 12.8. The number of hydrogen-bond donors (Lipinski definition) is 1. The van der Waals surface area contributed by atoms with Gasteiger partial charge in [0, 0.05) is 10.1 Å². The summed E-state index contributed by atoms with van der Waals surface area (Å²) < 4.78 is 5.33. The van der Waals surface area contributed by atoms with Crippen LogP contribution in [0.5, 0.6) is 5.75 Å². The van der Waals surface area contributed by atoms with Crippen LogP contribution in [0.15, 0.2) is 47.4 Å². The summed E-state index contributed by atoms with van der Waals surface area (Å²) in [6, 6.07) is 13.8. The van der Waals surface area contributed by atoms with Crippen molar-refractivity contribution in [1.82, 2.24) is 5.32 Å². The maximum Gasteiger partial charge on any atom is 0.252 e. The highest BCUT2D eigenvalue weighted by atomic mass is 32.2. The van der Waals surface area contributed by atoms with Crippen LogP contribution in [-0.4, -0.2) is 18.3 Å². The van der Waals surface area contributed by atoms with Crippen molar-refractivity contribution in [2.75, 3.05) is 7.11 Å². The van der Waals surface area contributed by atoms with E-state index in [-0.39, 0.29) is 11.9 Å². The van der Waals surface area contributed by atoms with Crippen molar-refractivity contribution in [1.29, 1.82) is 0 Å². The molecule has 1 amide bonds. The van der Waals surface area contributed by atoms with Gasteiger partial charge in [0.1, 0.15) is 5.75 Å². The average molecular weight is 358 g/mol. The number of hydrogen-bond acceptors (Lipinski definition) is 3. The normalized spacial score (nSPS) is 12.1. The highest BCUT2D eigenvalue weighted by molar-refractivity contribution is 8.00. The Morgan fingerprint density at radius 2 is 1.92 bits per heavy atom. The summed E-state index contributed by atoms with van der Waals surface area (Å²) in [5.41, 5.74) is 2.91. The Hall–Kier alpha value is -1.94. The van der Waals surface area contributed by atoms with E-state index in [1.165, 1.54) is 0 Å². The number of rotatable bonds is 7. The zero-order valence-electron chi connectivity index (χ0n) is 15.6. The predicted molar refractivity (Wildman–Crippen MR) is 106 cm³/mol. The van der Waals surface area contributed by atoms with Crippen LogP contribution in [0, 0.1) is 6.92 Å². The smallest absolute Gasteiger partial charge is 0.252 e. The van der Waals surface area contributed by atoms with E-state index in [0.717, 1.165) is 33.8 Å². The lowest BCUT2D eigenvalue weighted by atomic mass is 10.0. The second kappa shape index (κ2) is 8.95. The molecule has 25 heavy (non-hydrogen) atoms. The van der Waals surface area contributed by atoms with Crippen molar-refractivity contribution in [2.45, 2.75) is 50.3 Å². The minimum absolute atomic E-state index is 0.0192. The maximum absolute atomic E-state index is 12.8. The molecule has 2 aromatic rings. The topological polar surface area (TPSA) is 38.3 Å². The molecule has 2 aromatic carbocycles. The highest BCUT2D eigenvalue weighted by Gasteiger charge is 2.18. The monoisotopic (exact) mass is 357 g/mol. The van der Waals surface area contributed by atoms with Crippen molar-refractivity contribution in [3.05, 3.63) is 59.2 Å². The molecule has 1 atom stereocenters. The number of amides is 1. The lowest BCUT2D eigenvalue weighted by Gasteiger charge is -2.20. The standard InChI is InChI=1S/C21H27NO2S/c1-6-18(16-11-12-19(24-5)15(4)13-16)22-21(23)17-9-7-8-10-20(17)25-14(2)3/h7-14,18H,6H2,1-5H3,(H,22,23)/t18-/m1/s1. The Labute approximate surface area is 155 Å². The van der Waals surface area contributed by atoms with Gasteiger partial charge in [0.05, 0.1) is 18.7 Å². The number of carbonyl (C=O) groups is 1. The first kappa shape index (κ1) is 19.4. The van der Waals surface area contributed by atoms with Gasteiger partial charge in [-0.3, -0.25) is 4.79 Å². The van der Waals surface area contributed by atoms with Crippen molar-refractivity contribution in [3.8, 4) is 5.75 Å². The highest BCUT2D eigenvalue weighted by Crippen LogP contribution is 2.28. The number of thioether (sulfide) groups is 1. The zero-order valence-corrected chi connectivity index (χ0v) is 16.4. The van der Waals surface area contributed by atoms with E-state index in [1.54, 1.807) is 18.9 Å². The Kier molecular flexibility index (Phi) is 6.94. The quantitative estimate of drug-likeness (QED) is 0.676. The van der Waals surface area contributed by atoms with Gasteiger partial charge in [-0.15, -0.1) is 11.8 Å². The molecule has 4 heteroatoms. The molecule has 0 aromatic heterocycles. The predicted octanol–water partition coefficient (Wildman–Crippen LogP) is 5.39. The molecule has 134 valence electrons. The number of methoxy groups -OCH3 is 1. The van der Waals surface area contributed by atoms with Crippen LogP contribution in [0.2, 0.25) is 0 Å². The number of benzene rings is 2. The summed E-state index contributed by atoms with van der Waals surface area (Å²) >= 11 is 1.71. The van der Waals surface area contributed by atoms with Crippen LogP contribution < -0.4 is 10.1 Å². The fourth-order valence-electron chi connectivity index (χ4n) is 2.79. The number of carbonyl (C=O) groups excluding carboxylic acids is 1. The van der Waals surface area contributed by atoms with E-state index >= 15 is 0 Å². The Morgan fingerprint density at radius 1 is 1.20 bits per heavy atom. The molecule has 0 bridgehead atoms. The van der Waals surface area contributed by atoms with Crippen molar-refractivity contribution < 1.29 is 9.53 Å². The summed E-state index contributed by atoms with van der Waals surface area (Å²) in [5, 5.41) is 3.62. The van der Waals surface area contributed by atoms with Gasteiger partial charge in [-0.2, -0.15) is 0 Å². The minimum Gasteiger partial charge on any atom is -0.496 e. The fraction of sp³-hybridized carbons (Fsp3) is 0.381. The fourth-order valence-corrected chi connectivity index (χ4v) is 3.74. The number of nitrogens with one attached hydrogen (secondary N) is 1. The van der Waals surface area contributed by atoms with Crippen molar-refractivity contribution in [3.63, 3.8) is 0 Å². The first-order valence-electron chi connectivity index (χ1n) is 8.67. The Bertz CT molecular complexity index is 728. The lowest BCUT2D eigenvalue weighted by Crippen LogP contribution is -2.28. The Balaban J connectivity index is 2.22. The molecule has 1 N–H and O–H groups in total. The van der Waals surface area contributed by atoms with Crippen LogP contribution >= 0.6 is 11.8 Å².